The zero-order chi connectivity index (χ0) is 10.8. The first-order chi connectivity index (χ1) is 7.16. The third kappa shape index (κ3) is 2.68. The highest BCUT2D eigenvalue weighted by atomic mass is 16.5. The molecule has 1 atom stereocenters. The standard InChI is InChI=1S/C10H16N2O3/c11-9(13)6-15-8-3-4-12(5-8)10(14)7-1-2-7/h7-8H,1-6H2,(H2,11,13). The highest BCUT2D eigenvalue weighted by Crippen LogP contribution is 2.32. The van der Waals surface area contributed by atoms with E-state index in [1.54, 1.807) is 0 Å². The van der Waals surface area contributed by atoms with Crippen molar-refractivity contribution in [1.82, 2.24) is 4.90 Å². The summed E-state index contributed by atoms with van der Waals surface area (Å²) in [4.78, 5) is 24.0. The molecule has 2 N–H and O–H groups in total. The predicted molar refractivity (Wildman–Crippen MR) is 52.9 cm³/mol. The molecule has 1 unspecified atom stereocenters. The molecule has 0 aromatic heterocycles. The number of likely N-dealkylation sites (tertiary alicyclic amines) is 1. The van der Waals surface area contributed by atoms with Gasteiger partial charge in [-0.25, -0.2) is 0 Å². The van der Waals surface area contributed by atoms with Gasteiger partial charge in [0.1, 0.15) is 6.61 Å². The summed E-state index contributed by atoms with van der Waals surface area (Å²) in [6, 6.07) is 0. The van der Waals surface area contributed by atoms with Crippen LogP contribution in [0.2, 0.25) is 0 Å². The van der Waals surface area contributed by atoms with Crippen molar-refractivity contribution in [3.63, 3.8) is 0 Å². The molecule has 0 bridgehead atoms. The highest BCUT2D eigenvalue weighted by molar-refractivity contribution is 5.81. The van der Waals surface area contributed by atoms with Crippen LogP contribution in [0.25, 0.3) is 0 Å². The van der Waals surface area contributed by atoms with Crippen LogP contribution in [0.5, 0.6) is 0 Å². The molecule has 1 saturated carbocycles. The third-order valence-corrected chi connectivity index (χ3v) is 2.84. The van der Waals surface area contributed by atoms with Gasteiger partial charge in [0.2, 0.25) is 11.8 Å². The molecule has 0 spiro atoms. The van der Waals surface area contributed by atoms with Gasteiger partial charge in [-0.2, -0.15) is 0 Å². The summed E-state index contributed by atoms with van der Waals surface area (Å²) < 4.78 is 5.28. The number of rotatable bonds is 4. The number of primary amides is 1. The van der Waals surface area contributed by atoms with E-state index in [-0.39, 0.29) is 24.5 Å². The maximum atomic E-state index is 11.7. The van der Waals surface area contributed by atoms with Crippen molar-refractivity contribution in [2.75, 3.05) is 19.7 Å². The van der Waals surface area contributed by atoms with Crippen LogP contribution in [0.4, 0.5) is 0 Å². The van der Waals surface area contributed by atoms with Crippen LogP contribution in [0.3, 0.4) is 0 Å². The molecule has 1 aliphatic heterocycles. The Hall–Kier alpha value is -1.10. The van der Waals surface area contributed by atoms with Crippen LogP contribution < -0.4 is 5.73 Å². The van der Waals surface area contributed by atoms with Crippen LogP contribution in [0.1, 0.15) is 19.3 Å². The lowest BCUT2D eigenvalue weighted by Gasteiger charge is -2.15. The van der Waals surface area contributed by atoms with E-state index in [1.807, 2.05) is 4.90 Å². The van der Waals surface area contributed by atoms with E-state index in [1.165, 1.54) is 0 Å². The number of nitrogens with two attached hydrogens (primary N) is 1. The largest absolute Gasteiger partial charge is 0.368 e. The maximum Gasteiger partial charge on any atom is 0.243 e. The number of nitrogens with zero attached hydrogens (tertiary/aromatic N) is 1. The molecule has 5 heteroatoms. The van der Waals surface area contributed by atoms with Gasteiger partial charge in [-0.15, -0.1) is 0 Å². The Morgan fingerprint density at radius 1 is 1.33 bits per heavy atom. The monoisotopic (exact) mass is 212 g/mol. The van der Waals surface area contributed by atoms with E-state index in [9.17, 15) is 9.59 Å². The number of carbonyl (C=O) groups excluding carboxylic acids is 2. The van der Waals surface area contributed by atoms with E-state index in [0.717, 1.165) is 25.8 Å². The molecule has 84 valence electrons. The molecule has 1 aliphatic carbocycles. The van der Waals surface area contributed by atoms with Crippen molar-refractivity contribution in [3.05, 3.63) is 0 Å². The number of hydrogen-bond acceptors (Lipinski definition) is 3. The van der Waals surface area contributed by atoms with Crippen LogP contribution in [-0.2, 0) is 14.3 Å². The average molecular weight is 212 g/mol. The van der Waals surface area contributed by atoms with Crippen LogP contribution in [-0.4, -0.2) is 42.5 Å². The van der Waals surface area contributed by atoms with E-state index < -0.39 is 5.91 Å². The minimum absolute atomic E-state index is 0.0137. The minimum Gasteiger partial charge on any atom is -0.368 e. The molecule has 0 aromatic rings. The van der Waals surface area contributed by atoms with Gasteiger partial charge in [-0.3, -0.25) is 9.59 Å². The molecule has 2 rings (SSSR count). The number of amides is 2. The fourth-order valence-electron chi connectivity index (χ4n) is 1.85. The van der Waals surface area contributed by atoms with Gasteiger partial charge < -0.3 is 15.4 Å². The molecule has 2 fully saturated rings. The van der Waals surface area contributed by atoms with Crippen molar-refractivity contribution in [2.45, 2.75) is 25.4 Å². The summed E-state index contributed by atoms with van der Waals surface area (Å²) in [7, 11) is 0. The molecule has 1 heterocycles. The van der Waals surface area contributed by atoms with Crippen molar-refractivity contribution >= 4 is 11.8 Å². The Balaban J connectivity index is 1.73. The van der Waals surface area contributed by atoms with Crippen molar-refractivity contribution < 1.29 is 14.3 Å². The van der Waals surface area contributed by atoms with Gasteiger partial charge in [-0.05, 0) is 19.3 Å². The Bertz CT molecular complexity index is 276. The topological polar surface area (TPSA) is 72.6 Å². The average Bonchev–Trinajstić information content (AvgIpc) is 2.93. The zero-order valence-corrected chi connectivity index (χ0v) is 8.65. The first kappa shape index (κ1) is 10.4. The molecule has 5 nitrogen and oxygen atoms in total. The van der Waals surface area contributed by atoms with Gasteiger partial charge >= 0.3 is 0 Å². The lowest BCUT2D eigenvalue weighted by molar-refractivity contribution is -0.132. The van der Waals surface area contributed by atoms with Gasteiger partial charge in [0.25, 0.3) is 0 Å². The van der Waals surface area contributed by atoms with E-state index in [4.69, 9.17) is 10.5 Å². The first-order valence-corrected chi connectivity index (χ1v) is 5.35. The lowest BCUT2D eigenvalue weighted by atomic mass is 10.3. The molecular formula is C10H16N2O3. The van der Waals surface area contributed by atoms with Crippen LogP contribution >= 0.6 is 0 Å². The fourth-order valence-corrected chi connectivity index (χ4v) is 1.85. The zero-order valence-electron chi connectivity index (χ0n) is 8.65. The molecule has 2 aliphatic rings. The van der Waals surface area contributed by atoms with Gasteiger partial charge in [0.15, 0.2) is 0 Å². The Labute approximate surface area is 88.5 Å². The fraction of sp³-hybridized carbons (Fsp3) is 0.800. The predicted octanol–water partition coefficient (Wildman–Crippen LogP) is -0.501. The van der Waals surface area contributed by atoms with Gasteiger partial charge in [0.05, 0.1) is 6.10 Å². The van der Waals surface area contributed by atoms with Gasteiger partial charge in [0, 0.05) is 19.0 Å². The molecule has 1 saturated heterocycles. The van der Waals surface area contributed by atoms with Crippen LogP contribution in [0, 0.1) is 5.92 Å². The third-order valence-electron chi connectivity index (χ3n) is 2.84. The Kier molecular flexibility index (Phi) is 2.90. The lowest BCUT2D eigenvalue weighted by Crippen LogP contribution is -2.32. The van der Waals surface area contributed by atoms with Gasteiger partial charge in [-0.1, -0.05) is 0 Å². The number of hydrogen-bond donors (Lipinski definition) is 1. The minimum atomic E-state index is -0.457. The van der Waals surface area contributed by atoms with Crippen LogP contribution in [0.15, 0.2) is 0 Å². The summed E-state index contributed by atoms with van der Waals surface area (Å²) in [5.74, 6) is 0.0574. The number of carbonyl (C=O) groups is 2. The van der Waals surface area contributed by atoms with E-state index in [0.29, 0.717) is 6.54 Å². The molecule has 2 amide bonds. The molecular weight excluding hydrogens is 196 g/mol. The second kappa shape index (κ2) is 4.18. The summed E-state index contributed by atoms with van der Waals surface area (Å²) in [5.41, 5.74) is 4.98. The SMILES string of the molecule is NC(=O)COC1CCN(C(=O)C2CC2)C1. The second-order valence-corrected chi connectivity index (χ2v) is 4.25. The normalized spacial score (nSPS) is 25.6. The molecule has 0 radical (unpaired) electrons. The second-order valence-electron chi connectivity index (χ2n) is 4.25. The smallest absolute Gasteiger partial charge is 0.243 e. The Morgan fingerprint density at radius 2 is 2.07 bits per heavy atom. The summed E-state index contributed by atoms with van der Waals surface area (Å²) in [6.07, 6.45) is 2.86. The first-order valence-electron chi connectivity index (χ1n) is 5.35. The quantitative estimate of drug-likeness (QED) is 0.682. The summed E-state index contributed by atoms with van der Waals surface area (Å²) >= 11 is 0. The summed E-state index contributed by atoms with van der Waals surface area (Å²) in [6.45, 7) is 1.32. The van der Waals surface area contributed by atoms with Crippen molar-refractivity contribution in [1.29, 1.82) is 0 Å². The van der Waals surface area contributed by atoms with E-state index in [2.05, 4.69) is 0 Å². The highest BCUT2D eigenvalue weighted by Gasteiger charge is 2.36. The number of ether oxygens (including phenoxy) is 1. The van der Waals surface area contributed by atoms with E-state index >= 15 is 0 Å². The van der Waals surface area contributed by atoms with Crippen molar-refractivity contribution in [2.24, 2.45) is 11.7 Å². The van der Waals surface area contributed by atoms with Crippen molar-refractivity contribution in [3.8, 4) is 0 Å². The Morgan fingerprint density at radius 3 is 2.67 bits per heavy atom. The maximum absolute atomic E-state index is 11.7. The summed E-state index contributed by atoms with van der Waals surface area (Å²) in [5, 5.41) is 0. The molecule has 0 aromatic carbocycles. The molecule has 15 heavy (non-hydrogen) atoms.